The van der Waals surface area contributed by atoms with E-state index in [4.69, 9.17) is 4.74 Å². The predicted octanol–water partition coefficient (Wildman–Crippen LogP) is 0.598. The third kappa shape index (κ3) is 2.03. The van der Waals surface area contributed by atoms with Gasteiger partial charge >= 0.3 is 0 Å². The van der Waals surface area contributed by atoms with Gasteiger partial charge in [0.1, 0.15) is 12.1 Å². The minimum atomic E-state index is -0.230. The Morgan fingerprint density at radius 3 is 3.05 bits per heavy atom. The van der Waals surface area contributed by atoms with Crippen molar-refractivity contribution in [2.24, 2.45) is 5.92 Å². The van der Waals surface area contributed by atoms with Crippen LogP contribution in [0.3, 0.4) is 0 Å². The van der Waals surface area contributed by atoms with Crippen LogP contribution in [0.2, 0.25) is 0 Å². The lowest BCUT2D eigenvalue weighted by atomic mass is 10.0. The third-order valence-electron chi connectivity index (χ3n) is 3.85. The average molecular weight is 278 g/mol. The van der Waals surface area contributed by atoms with Crippen molar-refractivity contribution in [1.82, 2.24) is 19.5 Å². The summed E-state index contributed by atoms with van der Waals surface area (Å²) in [5.74, 6) is 0.893. The van der Waals surface area contributed by atoms with E-state index in [0.717, 1.165) is 6.42 Å². The van der Waals surface area contributed by atoms with E-state index in [9.17, 15) is 9.90 Å². The summed E-state index contributed by atoms with van der Waals surface area (Å²) in [6, 6.07) is 0. The second-order valence-electron chi connectivity index (χ2n) is 5.21. The van der Waals surface area contributed by atoms with E-state index in [1.165, 1.54) is 0 Å². The van der Waals surface area contributed by atoms with Crippen LogP contribution in [0.25, 0.3) is 11.2 Å². The van der Waals surface area contributed by atoms with E-state index in [0.29, 0.717) is 23.4 Å². The van der Waals surface area contributed by atoms with Crippen LogP contribution in [0.15, 0.2) is 11.1 Å². The molecule has 0 amide bonds. The number of H-pyrrole nitrogens is 1. The van der Waals surface area contributed by atoms with Gasteiger partial charge in [0.15, 0.2) is 11.2 Å². The molecular formula is C13H18N4O3. The highest BCUT2D eigenvalue weighted by Crippen LogP contribution is 2.33. The maximum atomic E-state index is 11.9. The molecule has 108 valence electrons. The van der Waals surface area contributed by atoms with Crippen LogP contribution in [0.5, 0.6) is 0 Å². The Morgan fingerprint density at radius 2 is 2.40 bits per heavy atom. The lowest BCUT2D eigenvalue weighted by molar-refractivity contribution is -0.0277. The highest BCUT2D eigenvalue weighted by atomic mass is 16.5. The Balaban J connectivity index is 2.05. The standard InChI is InChI=1S/C13H18N4O3/c1-3-9-15-12-11(13(19)16-9)14-6-17(12)10-4-7(2)8(5-18)20-10/h6-8,10,18H,3-5H2,1-2H3,(H,15,16,19)/t7-,8?,10?/m0/s1. The first-order valence-corrected chi connectivity index (χ1v) is 6.86. The van der Waals surface area contributed by atoms with Gasteiger partial charge in [0.2, 0.25) is 0 Å². The normalized spacial score (nSPS) is 26.4. The van der Waals surface area contributed by atoms with Crippen LogP contribution in [0, 0.1) is 5.92 Å². The van der Waals surface area contributed by atoms with Crippen LogP contribution in [0.4, 0.5) is 0 Å². The first kappa shape index (κ1) is 13.3. The number of imidazole rings is 1. The molecule has 20 heavy (non-hydrogen) atoms. The van der Waals surface area contributed by atoms with Crippen molar-refractivity contribution in [3.05, 3.63) is 22.5 Å². The molecule has 3 atom stereocenters. The number of nitrogens with zero attached hydrogens (tertiary/aromatic N) is 3. The van der Waals surface area contributed by atoms with Crippen molar-refractivity contribution in [2.45, 2.75) is 39.0 Å². The lowest BCUT2D eigenvalue weighted by Gasteiger charge is -2.14. The molecule has 0 bridgehead atoms. The second-order valence-corrected chi connectivity index (χ2v) is 5.21. The van der Waals surface area contributed by atoms with Gasteiger partial charge in [-0.3, -0.25) is 9.36 Å². The second kappa shape index (κ2) is 4.99. The van der Waals surface area contributed by atoms with Gasteiger partial charge in [0.05, 0.1) is 19.0 Å². The maximum absolute atomic E-state index is 11.9. The smallest absolute Gasteiger partial charge is 0.279 e. The van der Waals surface area contributed by atoms with Crippen molar-refractivity contribution in [3.8, 4) is 0 Å². The Bertz CT molecular complexity index is 678. The minimum Gasteiger partial charge on any atom is -0.394 e. The number of nitrogens with one attached hydrogen (secondary N) is 1. The molecule has 0 radical (unpaired) electrons. The molecule has 3 rings (SSSR count). The third-order valence-corrected chi connectivity index (χ3v) is 3.85. The number of hydrogen-bond acceptors (Lipinski definition) is 5. The van der Waals surface area contributed by atoms with Gasteiger partial charge in [0, 0.05) is 6.42 Å². The van der Waals surface area contributed by atoms with Gasteiger partial charge in [-0.2, -0.15) is 0 Å². The summed E-state index contributed by atoms with van der Waals surface area (Å²) in [5.41, 5.74) is 0.641. The number of aliphatic hydroxyl groups is 1. The molecule has 7 heteroatoms. The molecule has 1 aliphatic rings. The number of hydrogen-bond donors (Lipinski definition) is 2. The summed E-state index contributed by atoms with van der Waals surface area (Å²) in [7, 11) is 0. The zero-order chi connectivity index (χ0) is 14.3. The number of aliphatic hydroxyl groups excluding tert-OH is 1. The Hall–Kier alpha value is -1.73. The zero-order valence-corrected chi connectivity index (χ0v) is 11.5. The summed E-state index contributed by atoms with van der Waals surface area (Å²) < 4.78 is 7.60. The fourth-order valence-electron chi connectivity index (χ4n) is 2.61. The van der Waals surface area contributed by atoms with Crippen molar-refractivity contribution >= 4 is 11.2 Å². The van der Waals surface area contributed by atoms with Crippen molar-refractivity contribution in [3.63, 3.8) is 0 Å². The molecule has 2 unspecified atom stereocenters. The van der Waals surface area contributed by atoms with Crippen LogP contribution < -0.4 is 5.56 Å². The van der Waals surface area contributed by atoms with Crippen molar-refractivity contribution in [2.75, 3.05) is 6.61 Å². The highest BCUT2D eigenvalue weighted by molar-refractivity contribution is 5.69. The molecule has 0 spiro atoms. The van der Waals surface area contributed by atoms with Gasteiger partial charge in [0.25, 0.3) is 5.56 Å². The van der Waals surface area contributed by atoms with Crippen molar-refractivity contribution in [1.29, 1.82) is 0 Å². The van der Waals surface area contributed by atoms with E-state index < -0.39 is 0 Å². The summed E-state index contributed by atoms with van der Waals surface area (Å²) in [6.07, 6.45) is 2.60. The maximum Gasteiger partial charge on any atom is 0.279 e. The molecule has 2 aromatic heterocycles. The van der Waals surface area contributed by atoms with Gasteiger partial charge in [-0.15, -0.1) is 0 Å². The molecule has 1 aliphatic heterocycles. The van der Waals surface area contributed by atoms with Crippen molar-refractivity contribution < 1.29 is 9.84 Å². The molecule has 3 heterocycles. The fourth-order valence-corrected chi connectivity index (χ4v) is 2.61. The predicted molar refractivity (Wildman–Crippen MR) is 72.3 cm³/mol. The van der Waals surface area contributed by atoms with Crippen LogP contribution in [0.1, 0.15) is 32.3 Å². The minimum absolute atomic E-state index is 0.00147. The van der Waals surface area contributed by atoms with Crippen LogP contribution >= 0.6 is 0 Å². The molecule has 0 aromatic carbocycles. The molecular weight excluding hydrogens is 260 g/mol. The Kier molecular flexibility index (Phi) is 3.31. The average Bonchev–Trinajstić information content (AvgIpc) is 3.01. The number of aromatic nitrogens is 4. The van der Waals surface area contributed by atoms with E-state index in [-0.39, 0.29) is 30.4 Å². The number of rotatable bonds is 3. The van der Waals surface area contributed by atoms with E-state index in [1.807, 2.05) is 13.8 Å². The van der Waals surface area contributed by atoms with E-state index in [2.05, 4.69) is 15.0 Å². The summed E-state index contributed by atoms with van der Waals surface area (Å²) in [5, 5.41) is 9.27. The summed E-state index contributed by atoms with van der Waals surface area (Å²) in [4.78, 5) is 23.2. The van der Waals surface area contributed by atoms with Crippen LogP contribution in [-0.2, 0) is 11.2 Å². The number of ether oxygens (including phenoxy) is 1. The molecule has 2 aromatic rings. The lowest BCUT2D eigenvalue weighted by Crippen LogP contribution is -2.18. The fraction of sp³-hybridized carbons (Fsp3) is 0.615. The molecule has 0 saturated carbocycles. The Morgan fingerprint density at radius 1 is 1.60 bits per heavy atom. The highest BCUT2D eigenvalue weighted by Gasteiger charge is 2.33. The number of aryl methyl sites for hydroxylation is 1. The van der Waals surface area contributed by atoms with Gasteiger partial charge in [-0.25, -0.2) is 9.97 Å². The van der Waals surface area contributed by atoms with Gasteiger partial charge in [-0.1, -0.05) is 13.8 Å². The zero-order valence-electron chi connectivity index (χ0n) is 11.5. The van der Waals surface area contributed by atoms with E-state index >= 15 is 0 Å². The number of aromatic amines is 1. The van der Waals surface area contributed by atoms with Crippen LogP contribution in [-0.4, -0.2) is 37.3 Å². The molecule has 1 saturated heterocycles. The quantitative estimate of drug-likeness (QED) is 0.857. The molecule has 1 fully saturated rings. The Labute approximate surface area is 115 Å². The molecule has 2 N–H and O–H groups in total. The summed E-state index contributed by atoms with van der Waals surface area (Å²) >= 11 is 0. The van der Waals surface area contributed by atoms with Gasteiger partial charge in [-0.05, 0) is 12.3 Å². The number of fused-ring (bicyclic) bond motifs is 1. The van der Waals surface area contributed by atoms with Gasteiger partial charge < -0.3 is 14.8 Å². The first-order chi connectivity index (χ1) is 9.63. The molecule has 0 aliphatic carbocycles. The SMILES string of the molecule is CCc1nc2c(ncn2C2C[C@H](C)C(CO)O2)c(=O)[nH]1. The molecule has 7 nitrogen and oxygen atoms in total. The van der Waals surface area contributed by atoms with E-state index in [1.54, 1.807) is 10.9 Å². The topological polar surface area (TPSA) is 93.0 Å². The monoisotopic (exact) mass is 278 g/mol. The first-order valence-electron chi connectivity index (χ1n) is 6.86. The summed E-state index contributed by atoms with van der Waals surface area (Å²) in [6.45, 7) is 3.97. The largest absolute Gasteiger partial charge is 0.394 e.